The van der Waals surface area contributed by atoms with E-state index in [0.29, 0.717) is 5.56 Å². The van der Waals surface area contributed by atoms with Crippen LogP contribution in [0.15, 0.2) is 47.4 Å². The molecule has 8 nitrogen and oxygen atoms in total. The minimum Gasteiger partial charge on any atom is -0.497 e. The van der Waals surface area contributed by atoms with Gasteiger partial charge in [0.2, 0.25) is 10.0 Å². The molecule has 0 amide bonds. The Morgan fingerprint density at radius 2 is 1.83 bits per heavy atom. The summed E-state index contributed by atoms with van der Waals surface area (Å²) in [6.45, 7) is 3.44. The van der Waals surface area contributed by atoms with Gasteiger partial charge in [0.05, 0.1) is 12.0 Å². The van der Waals surface area contributed by atoms with Crippen LogP contribution in [0.25, 0.3) is 0 Å². The van der Waals surface area contributed by atoms with Gasteiger partial charge in [-0.05, 0) is 56.1 Å². The van der Waals surface area contributed by atoms with E-state index in [-0.39, 0.29) is 17.5 Å². The molecule has 156 valence electrons. The highest BCUT2D eigenvalue weighted by Gasteiger charge is 2.30. The van der Waals surface area contributed by atoms with Crippen LogP contribution in [-0.4, -0.2) is 45.0 Å². The lowest BCUT2D eigenvalue weighted by Crippen LogP contribution is -2.37. The molecule has 1 saturated heterocycles. The van der Waals surface area contributed by atoms with Crippen molar-refractivity contribution in [1.29, 1.82) is 0 Å². The lowest BCUT2D eigenvalue weighted by atomic mass is 10.1. The number of nitro groups is 1. The summed E-state index contributed by atoms with van der Waals surface area (Å²) in [5.41, 5.74) is 0.892. The van der Waals surface area contributed by atoms with Gasteiger partial charge in [0.15, 0.2) is 4.90 Å². The van der Waals surface area contributed by atoms with Gasteiger partial charge in [0, 0.05) is 18.7 Å². The highest BCUT2D eigenvalue weighted by molar-refractivity contribution is 7.89. The third-order valence-corrected chi connectivity index (χ3v) is 6.82. The van der Waals surface area contributed by atoms with Gasteiger partial charge in [0.25, 0.3) is 5.69 Å². The molecule has 1 fully saturated rings. The maximum Gasteiger partial charge on any atom is 0.289 e. The predicted molar refractivity (Wildman–Crippen MR) is 110 cm³/mol. The third kappa shape index (κ3) is 4.75. The van der Waals surface area contributed by atoms with Crippen LogP contribution < -0.4 is 9.46 Å². The SMILES string of the molecule is COc1ccc(C(CNS(=O)(=O)c2c(C)cccc2[N+](=O)[O-])N2CCCC2)cc1. The lowest BCUT2D eigenvalue weighted by molar-refractivity contribution is -0.387. The second-order valence-electron chi connectivity index (χ2n) is 7.06. The van der Waals surface area contributed by atoms with Crippen LogP contribution >= 0.6 is 0 Å². The molecule has 1 aliphatic heterocycles. The normalized spacial score (nSPS) is 15.9. The molecule has 0 radical (unpaired) electrons. The Hall–Kier alpha value is -2.49. The first-order valence-corrected chi connectivity index (χ1v) is 10.9. The minimum atomic E-state index is -4.06. The fourth-order valence-electron chi connectivity index (χ4n) is 3.73. The first kappa shape index (κ1) is 21.2. The van der Waals surface area contributed by atoms with Crippen molar-refractivity contribution in [3.8, 4) is 5.75 Å². The molecule has 2 aromatic carbocycles. The quantitative estimate of drug-likeness (QED) is 0.521. The van der Waals surface area contributed by atoms with E-state index in [4.69, 9.17) is 4.74 Å². The van der Waals surface area contributed by atoms with E-state index in [1.807, 2.05) is 24.3 Å². The average Bonchev–Trinajstić information content (AvgIpc) is 3.22. The summed E-state index contributed by atoms with van der Waals surface area (Å²) >= 11 is 0. The topological polar surface area (TPSA) is 102 Å². The number of rotatable bonds is 8. The molecule has 3 rings (SSSR count). The fourth-order valence-corrected chi connectivity index (χ4v) is 5.16. The van der Waals surface area contributed by atoms with E-state index < -0.39 is 20.6 Å². The smallest absolute Gasteiger partial charge is 0.289 e. The molecule has 1 aliphatic rings. The molecular formula is C20H25N3O5S. The van der Waals surface area contributed by atoms with Crippen molar-refractivity contribution in [3.05, 3.63) is 63.7 Å². The summed E-state index contributed by atoms with van der Waals surface area (Å²) in [5, 5.41) is 11.3. The fraction of sp³-hybridized carbons (Fsp3) is 0.400. The molecule has 9 heteroatoms. The van der Waals surface area contributed by atoms with Gasteiger partial charge >= 0.3 is 0 Å². The van der Waals surface area contributed by atoms with E-state index in [0.717, 1.165) is 37.2 Å². The summed E-state index contributed by atoms with van der Waals surface area (Å²) in [5.74, 6) is 0.727. The van der Waals surface area contributed by atoms with Crippen molar-refractivity contribution in [2.24, 2.45) is 0 Å². The van der Waals surface area contributed by atoms with Gasteiger partial charge in [-0.25, -0.2) is 13.1 Å². The van der Waals surface area contributed by atoms with E-state index in [2.05, 4.69) is 9.62 Å². The van der Waals surface area contributed by atoms with Crippen LogP contribution in [0.2, 0.25) is 0 Å². The number of nitrogens with zero attached hydrogens (tertiary/aromatic N) is 2. The first-order chi connectivity index (χ1) is 13.8. The van der Waals surface area contributed by atoms with Gasteiger partial charge in [-0.3, -0.25) is 15.0 Å². The van der Waals surface area contributed by atoms with Gasteiger partial charge < -0.3 is 4.74 Å². The zero-order valence-electron chi connectivity index (χ0n) is 16.5. The summed E-state index contributed by atoms with van der Waals surface area (Å²) in [6, 6.07) is 11.6. The van der Waals surface area contributed by atoms with Crippen molar-refractivity contribution in [1.82, 2.24) is 9.62 Å². The molecule has 0 aromatic heterocycles. The average molecular weight is 420 g/mol. The van der Waals surface area contributed by atoms with Crippen LogP contribution in [0.3, 0.4) is 0 Å². The monoisotopic (exact) mass is 419 g/mol. The number of likely N-dealkylation sites (tertiary alicyclic amines) is 1. The Morgan fingerprint density at radius 1 is 1.17 bits per heavy atom. The summed E-state index contributed by atoms with van der Waals surface area (Å²) in [6.07, 6.45) is 2.12. The Kier molecular flexibility index (Phi) is 6.51. The van der Waals surface area contributed by atoms with Crippen LogP contribution in [0.1, 0.15) is 30.0 Å². The first-order valence-electron chi connectivity index (χ1n) is 9.45. The van der Waals surface area contributed by atoms with Crippen molar-refractivity contribution < 1.29 is 18.1 Å². The molecule has 29 heavy (non-hydrogen) atoms. The lowest BCUT2D eigenvalue weighted by Gasteiger charge is -2.28. The van der Waals surface area contributed by atoms with Crippen LogP contribution in [0.5, 0.6) is 5.75 Å². The Labute approximate surface area is 170 Å². The zero-order valence-corrected chi connectivity index (χ0v) is 17.3. The van der Waals surface area contributed by atoms with Gasteiger partial charge in [-0.2, -0.15) is 0 Å². The minimum absolute atomic E-state index is 0.125. The van der Waals surface area contributed by atoms with E-state index in [1.54, 1.807) is 20.1 Å². The Morgan fingerprint density at radius 3 is 2.41 bits per heavy atom. The zero-order chi connectivity index (χ0) is 21.0. The molecule has 1 heterocycles. The molecule has 1 unspecified atom stereocenters. The Bertz CT molecular complexity index is 970. The standard InChI is InChI=1S/C20H25N3O5S/c1-15-6-5-7-18(23(24)25)20(15)29(26,27)21-14-19(22-12-3-4-13-22)16-8-10-17(28-2)11-9-16/h5-11,19,21H,3-4,12-14H2,1-2H3. The molecule has 0 saturated carbocycles. The molecule has 0 bridgehead atoms. The summed E-state index contributed by atoms with van der Waals surface area (Å²) < 4.78 is 33.8. The Balaban J connectivity index is 1.88. The van der Waals surface area contributed by atoms with Crippen molar-refractivity contribution in [2.45, 2.75) is 30.7 Å². The van der Waals surface area contributed by atoms with Gasteiger partial charge in [-0.1, -0.05) is 24.3 Å². The second-order valence-corrected chi connectivity index (χ2v) is 8.77. The maximum atomic E-state index is 13.0. The maximum absolute atomic E-state index is 13.0. The van der Waals surface area contributed by atoms with Crippen molar-refractivity contribution in [2.75, 3.05) is 26.7 Å². The van der Waals surface area contributed by atoms with Crippen molar-refractivity contribution in [3.63, 3.8) is 0 Å². The molecule has 2 aromatic rings. The molecule has 0 spiro atoms. The van der Waals surface area contributed by atoms with E-state index >= 15 is 0 Å². The highest BCUT2D eigenvalue weighted by atomic mass is 32.2. The molecular weight excluding hydrogens is 394 g/mol. The highest BCUT2D eigenvalue weighted by Crippen LogP contribution is 2.29. The number of hydrogen-bond donors (Lipinski definition) is 1. The molecule has 0 aliphatic carbocycles. The second kappa shape index (κ2) is 8.89. The number of ether oxygens (including phenoxy) is 1. The number of nitro benzene ring substituents is 1. The molecule has 1 N–H and O–H groups in total. The number of benzene rings is 2. The van der Waals surface area contributed by atoms with Crippen LogP contribution in [0.4, 0.5) is 5.69 Å². The van der Waals surface area contributed by atoms with Gasteiger partial charge in [-0.15, -0.1) is 0 Å². The van der Waals surface area contributed by atoms with E-state index in [1.165, 1.54) is 12.1 Å². The largest absolute Gasteiger partial charge is 0.497 e. The summed E-state index contributed by atoms with van der Waals surface area (Å²) in [4.78, 5) is 12.6. The third-order valence-electron chi connectivity index (χ3n) is 5.21. The molecule has 1 atom stereocenters. The number of aryl methyl sites for hydroxylation is 1. The number of hydrogen-bond acceptors (Lipinski definition) is 6. The number of methoxy groups -OCH3 is 1. The summed E-state index contributed by atoms with van der Waals surface area (Å²) in [7, 11) is -2.46. The number of sulfonamides is 1. The predicted octanol–water partition coefficient (Wildman–Crippen LogP) is 3.03. The number of nitrogens with one attached hydrogen (secondary N) is 1. The van der Waals surface area contributed by atoms with E-state index in [9.17, 15) is 18.5 Å². The van der Waals surface area contributed by atoms with Crippen molar-refractivity contribution >= 4 is 15.7 Å². The van der Waals surface area contributed by atoms with Gasteiger partial charge in [0.1, 0.15) is 5.75 Å². The van der Waals surface area contributed by atoms with Crippen LogP contribution in [0, 0.1) is 17.0 Å². The van der Waals surface area contributed by atoms with Crippen LogP contribution in [-0.2, 0) is 10.0 Å².